The monoisotopic (exact) mass is 442 g/mol. The fourth-order valence-electron chi connectivity index (χ4n) is 6.01. The maximum atomic E-state index is 13.8. The first-order valence-electron chi connectivity index (χ1n) is 12.2. The first kappa shape index (κ1) is 22.8. The van der Waals surface area contributed by atoms with Crippen molar-refractivity contribution >= 4 is 11.6 Å². The molecule has 0 atom stereocenters. The van der Waals surface area contributed by atoms with Gasteiger partial charge in [0.2, 0.25) is 0 Å². The van der Waals surface area contributed by atoms with Crippen molar-refractivity contribution in [2.45, 2.75) is 70.1 Å². The topological polar surface area (TPSA) is 9.23 Å². The van der Waals surface area contributed by atoms with Gasteiger partial charge in [0.15, 0.2) is 0 Å². The van der Waals surface area contributed by atoms with Gasteiger partial charge in [0.25, 0.3) is 0 Å². The molecule has 3 heteroatoms. The van der Waals surface area contributed by atoms with Crippen LogP contribution in [-0.2, 0) is 4.74 Å². The highest BCUT2D eigenvalue weighted by atomic mass is 35.5. The van der Waals surface area contributed by atoms with Gasteiger partial charge in [-0.25, -0.2) is 4.39 Å². The first-order chi connectivity index (χ1) is 15.1. The lowest BCUT2D eigenvalue weighted by Gasteiger charge is -2.38. The van der Waals surface area contributed by atoms with Gasteiger partial charge >= 0.3 is 0 Å². The maximum absolute atomic E-state index is 13.8. The third kappa shape index (κ3) is 5.90. The highest BCUT2D eigenvalue weighted by Gasteiger charge is 2.31. The van der Waals surface area contributed by atoms with E-state index in [0.717, 1.165) is 35.5 Å². The van der Waals surface area contributed by atoms with Gasteiger partial charge < -0.3 is 4.74 Å². The van der Waals surface area contributed by atoms with E-state index < -0.39 is 0 Å². The number of halogens is 2. The quantitative estimate of drug-likeness (QED) is 0.389. The van der Waals surface area contributed by atoms with Crippen LogP contribution in [0.1, 0.15) is 75.7 Å². The highest BCUT2D eigenvalue weighted by Crippen LogP contribution is 2.44. The van der Waals surface area contributed by atoms with Gasteiger partial charge in [0.05, 0.1) is 5.02 Å². The predicted molar refractivity (Wildman–Crippen MR) is 128 cm³/mol. The minimum Gasteiger partial charge on any atom is -0.385 e. The van der Waals surface area contributed by atoms with Crippen LogP contribution in [0.5, 0.6) is 0 Å². The number of benzene rings is 2. The van der Waals surface area contributed by atoms with Crippen molar-refractivity contribution in [2.75, 3.05) is 13.7 Å². The number of rotatable bonds is 7. The fraction of sp³-hybridized carbons (Fsp3) is 0.571. The van der Waals surface area contributed by atoms with Crippen LogP contribution in [0, 0.1) is 23.6 Å². The van der Waals surface area contributed by atoms with E-state index >= 15 is 0 Å². The van der Waals surface area contributed by atoms with Crippen molar-refractivity contribution in [1.82, 2.24) is 0 Å². The SMILES string of the molecule is COCCCC1CCC(C2CCC(c3ccc(-c4ccc(Cl)c(F)c4)cc3)CC2)CC1. The smallest absolute Gasteiger partial charge is 0.142 e. The van der Waals surface area contributed by atoms with Gasteiger partial charge in [-0.2, -0.15) is 0 Å². The summed E-state index contributed by atoms with van der Waals surface area (Å²) < 4.78 is 19.0. The Kier molecular flexibility index (Phi) is 8.07. The Balaban J connectivity index is 1.26. The van der Waals surface area contributed by atoms with Crippen molar-refractivity contribution in [3.05, 3.63) is 58.9 Å². The molecule has 0 amide bonds. The molecule has 2 aromatic carbocycles. The van der Waals surface area contributed by atoms with Crippen LogP contribution in [0.2, 0.25) is 5.02 Å². The normalized spacial score (nSPS) is 26.7. The van der Waals surface area contributed by atoms with Crippen molar-refractivity contribution < 1.29 is 9.13 Å². The summed E-state index contributed by atoms with van der Waals surface area (Å²) in [6.07, 6.45) is 13.7. The molecule has 4 rings (SSSR count). The zero-order valence-corrected chi connectivity index (χ0v) is 19.5. The summed E-state index contributed by atoms with van der Waals surface area (Å²) in [5.41, 5.74) is 3.38. The van der Waals surface area contributed by atoms with Gasteiger partial charge in [-0.05, 0) is 104 Å². The van der Waals surface area contributed by atoms with E-state index in [4.69, 9.17) is 16.3 Å². The Morgan fingerprint density at radius 3 is 2.06 bits per heavy atom. The minimum atomic E-state index is -0.356. The summed E-state index contributed by atoms with van der Waals surface area (Å²) in [5.74, 6) is 3.16. The fourth-order valence-corrected chi connectivity index (χ4v) is 6.13. The van der Waals surface area contributed by atoms with Crippen LogP contribution in [0.3, 0.4) is 0 Å². The van der Waals surface area contributed by atoms with Crippen LogP contribution in [-0.4, -0.2) is 13.7 Å². The third-order valence-electron chi connectivity index (χ3n) is 7.93. The lowest BCUT2D eigenvalue weighted by Crippen LogP contribution is -2.25. The minimum absolute atomic E-state index is 0.178. The van der Waals surface area contributed by atoms with Crippen LogP contribution in [0.25, 0.3) is 11.1 Å². The van der Waals surface area contributed by atoms with E-state index in [1.54, 1.807) is 6.07 Å². The average molecular weight is 443 g/mol. The van der Waals surface area contributed by atoms with E-state index in [0.29, 0.717) is 5.92 Å². The molecule has 2 fully saturated rings. The molecule has 2 aliphatic rings. The van der Waals surface area contributed by atoms with Crippen molar-refractivity contribution in [3.63, 3.8) is 0 Å². The second-order valence-corrected chi connectivity index (χ2v) is 10.2. The Labute approximate surface area is 192 Å². The van der Waals surface area contributed by atoms with Gasteiger partial charge in [-0.3, -0.25) is 0 Å². The zero-order chi connectivity index (χ0) is 21.6. The molecule has 0 radical (unpaired) electrons. The van der Waals surface area contributed by atoms with Crippen LogP contribution in [0.4, 0.5) is 4.39 Å². The molecule has 0 spiro atoms. The van der Waals surface area contributed by atoms with Gasteiger partial charge in [-0.15, -0.1) is 0 Å². The summed E-state index contributed by atoms with van der Waals surface area (Å²) in [5, 5.41) is 0.178. The molecule has 0 unspecified atom stereocenters. The lowest BCUT2D eigenvalue weighted by atomic mass is 9.68. The van der Waals surface area contributed by atoms with E-state index in [1.807, 2.05) is 13.2 Å². The molecular weight excluding hydrogens is 407 g/mol. The second-order valence-electron chi connectivity index (χ2n) is 9.78. The molecule has 2 aliphatic carbocycles. The molecular formula is C28H36ClFO. The zero-order valence-electron chi connectivity index (χ0n) is 18.8. The molecule has 31 heavy (non-hydrogen) atoms. The summed E-state index contributed by atoms with van der Waals surface area (Å²) in [7, 11) is 1.81. The Morgan fingerprint density at radius 2 is 1.45 bits per heavy atom. The summed E-state index contributed by atoms with van der Waals surface area (Å²) >= 11 is 5.82. The molecule has 1 nitrogen and oxygen atoms in total. The lowest BCUT2D eigenvalue weighted by molar-refractivity contribution is 0.144. The molecule has 0 bridgehead atoms. The Hall–Kier alpha value is -1.38. The van der Waals surface area contributed by atoms with E-state index in [1.165, 1.54) is 75.8 Å². The standard InChI is InChI=1S/C28H36ClFO/c1-31-18-2-3-20-4-6-21(7-5-20)22-8-10-23(11-9-22)24-12-14-25(15-13-24)26-16-17-27(29)28(30)19-26/h12-17,19-23H,2-11,18H2,1H3. The molecule has 2 saturated carbocycles. The largest absolute Gasteiger partial charge is 0.385 e. The molecule has 2 aromatic rings. The van der Waals surface area contributed by atoms with Crippen LogP contribution < -0.4 is 0 Å². The number of hydrogen-bond acceptors (Lipinski definition) is 1. The molecule has 0 aromatic heterocycles. The van der Waals surface area contributed by atoms with E-state index in [9.17, 15) is 4.39 Å². The number of hydrogen-bond donors (Lipinski definition) is 0. The van der Waals surface area contributed by atoms with Gasteiger partial charge in [-0.1, -0.05) is 54.8 Å². The van der Waals surface area contributed by atoms with Gasteiger partial charge in [0, 0.05) is 13.7 Å². The predicted octanol–water partition coefficient (Wildman–Crippen LogP) is 8.65. The summed E-state index contributed by atoms with van der Waals surface area (Å²) in [4.78, 5) is 0. The van der Waals surface area contributed by atoms with E-state index in [2.05, 4.69) is 24.3 Å². The molecule has 0 saturated heterocycles. The maximum Gasteiger partial charge on any atom is 0.142 e. The average Bonchev–Trinajstić information content (AvgIpc) is 2.82. The molecule has 0 aliphatic heterocycles. The van der Waals surface area contributed by atoms with Crippen molar-refractivity contribution in [3.8, 4) is 11.1 Å². The van der Waals surface area contributed by atoms with Gasteiger partial charge in [0.1, 0.15) is 5.82 Å². The highest BCUT2D eigenvalue weighted by molar-refractivity contribution is 6.30. The first-order valence-corrected chi connectivity index (χ1v) is 12.6. The molecule has 0 heterocycles. The Bertz CT molecular complexity index is 817. The summed E-state index contributed by atoms with van der Waals surface area (Å²) in [6.45, 7) is 0.918. The molecule has 168 valence electrons. The van der Waals surface area contributed by atoms with Crippen LogP contribution in [0.15, 0.2) is 42.5 Å². The van der Waals surface area contributed by atoms with Crippen molar-refractivity contribution in [1.29, 1.82) is 0 Å². The van der Waals surface area contributed by atoms with Crippen LogP contribution >= 0.6 is 11.6 Å². The third-order valence-corrected chi connectivity index (χ3v) is 8.23. The number of methoxy groups -OCH3 is 1. The molecule has 0 N–H and O–H groups in total. The second kappa shape index (κ2) is 11.0. The Morgan fingerprint density at radius 1 is 0.839 bits per heavy atom. The van der Waals surface area contributed by atoms with E-state index in [-0.39, 0.29) is 10.8 Å². The summed E-state index contributed by atoms with van der Waals surface area (Å²) in [6, 6.07) is 13.8. The van der Waals surface area contributed by atoms with Crippen molar-refractivity contribution in [2.24, 2.45) is 17.8 Å². The number of ether oxygens (including phenoxy) is 1.